The summed E-state index contributed by atoms with van der Waals surface area (Å²) < 4.78 is 14.9. The van der Waals surface area contributed by atoms with Crippen molar-refractivity contribution in [1.29, 1.82) is 0 Å². The van der Waals surface area contributed by atoms with Gasteiger partial charge in [0.1, 0.15) is 17.7 Å². The van der Waals surface area contributed by atoms with E-state index in [0.29, 0.717) is 25.3 Å². The molecule has 1 aliphatic heterocycles. The van der Waals surface area contributed by atoms with Crippen LogP contribution in [0.2, 0.25) is 0 Å². The van der Waals surface area contributed by atoms with Crippen LogP contribution in [0.1, 0.15) is 6.42 Å². The number of anilines is 1. The zero-order chi connectivity index (χ0) is 13.9. The number of aryl methyl sites for hydroxylation is 1. The number of hydrogen-bond acceptors (Lipinski definition) is 5. The number of nitrogens with one attached hydrogen (secondary N) is 2. The summed E-state index contributed by atoms with van der Waals surface area (Å²) in [5, 5.41) is 14.6. The fourth-order valence-electron chi connectivity index (χ4n) is 2.31. The van der Waals surface area contributed by atoms with E-state index in [1.807, 2.05) is 29.9 Å². The summed E-state index contributed by atoms with van der Waals surface area (Å²) in [6.07, 6.45) is 3.40. The van der Waals surface area contributed by atoms with E-state index in [2.05, 4.69) is 25.8 Å². The summed E-state index contributed by atoms with van der Waals surface area (Å²) in [5.41, 5.74) is 0.728. The number of nitrogens with zero attached hydrogens (tertiary/aromatic N) is 4. The lowest BCUT2D eigenvalue weighted by Crippen LogP contribution is -2.29. The van der Waals surface area contributed by atoms with Gasteiger partial charge in [0.05, 0.1) is 0 Å². The van der Waals surface area contributed by atoms with E-state index in [1.165, 1.54) is 0 Å². The van der Waals surface area contributed by atoms with E-state index in [0.717, 1.165) is 11.5 Å². The molecule has 3 rings (SSSR count). The SMILES string of the molecule is Cn1ccnc1-c1ccc(NC[C@@H]2C[C@H](F)CN2)nn1. The van der Waals surface area contributed by atoms with Gasteiger partial charge in [-0.05, 0) is 18.6 Å². The van der Waals surface area contributed by atoms with Gasteiger partial charge in [0, 0.05) is 38.6 Å². The fourth-order valence-corrected chi connectivity index (χ4v) is 2.31. The van der Waals surface area contributed by atoms with Gasteiger partial charge in [-0.1, -0.05) is 0 Å². The van der Waals surface area contributed by atoms with Crippen LogP contribution < -0.4 is 10.6 Å². The van der Waals surface area contributed by atoms with Crippen molar-refractivity contribution in [3.63, 3.8) is 0 Å². The second-order valence-electron chi connectivity index (χ2n) is 4.98. The summed E-state index contributed by atoms with van der Waals surface area (Å²) in [6, 6.07) is 3.89. The Labute approximate surface area is 116 Å². The normalized spacial score (nSPS) is 22.1. The van der Waals surface area contributed by atoms with Crippen molar-refractivity contribution < 1.29 is 4.39 Å². The molecule has 7 heteroatoms. The minimum Gasteiger partial charge on any atom is -0.367 e. The molecule has 1 aliphatic rings. The van der Waals surface area contributed by atoms with Gasteiger partial charge in [-0.15, -0.1) is 10.2 Å². The smallest absolute Gasteiger partial charge is 0.160 e. The zero-order valence-corrected chi connectivity index (χ0v) is 11.3. The maximum atomic E-state index is 13.0. The Hall–Kier alpha value is -2.02. The number of hydrogen-bond donors (Lipinski definition) is 2. The van der Waals surface area contributed by atoms with Gasteiger partial charge in [-0.25, -0.2) is 9.37 Å². The lowest BCUT2D eigenvalue weighted by Gasteiger charge is -2.11. The Balaban J connectivity index is 1.60. The van der Waals surface area contributed by atoms with Crippen LogP contribution in [0.5, 0.6) is 0 Å². The van der Waals surface area contributed by atoms with Crippen LogP contribution in [0.15, 0.2) is 24.5 Å². The van der Waals surface area contributed by atoms with E-state index in [9.17, 15) is 4.39 Å². The van der Waals surface area contributed by atoms with Gasteiger partial charge in [-0.2, -0.15) is 0 Å². The summed E-state index contributed by atoms with van der Waals surface area (Å²) in [5.74, 6) is 1.47. The monoisotopic (exact) mass is 276 g/mol. The quantitative estimate of drug-likeness (QED) is 0.871. The van der Waals surface area contributed by atoms with Crippen LogP contribution in [0, 0.1) is 0 Å². The third kappa shape index (κ3) is 2.77. The van der Waals surface area contributed by atoms with E-state index < -0.39 is 6.17 Å². The van der Waals surface area contributed by atoms with Crippen LogP contribution in [-0.2, 0) is 7.05 Å². The van der Waals surface area contributed by atoms with Crippen LogP contribution >= 0.6 is 0 Å². The average molecular weight is 276 g/mol. The lowest BCUT2D eigenvalue weighted by molar-refractivity contribution is 0.356. The maximum absolute atomic E-state index is 13.0. The molecule has 2 aromatic heterocycles. The average Bonchev–Trinajstić information content (AvgIpc) is 3.06. The van der Waals surface area contributed by atoms with Gasteiger partial charge in [0.25, 0.3) is 0 Å². The Morgan fingerprint density at radius 1 is 1.45 bits per heavy atom. The van der Waals surface area contributed by atoms with E-state index in [-0.39, 0.29) is 6.04 Å². The van der Waals surface area contributed by atoms with E-state index in [4.69, 9.17) is 0 Å². The second-order valence-corrected chi connectivity index (χ2v) is 4.98. The largest absolute Gasteiger partial charge is 0.367 e. The number of aromatic nitrogens is 4. The molecule has 3 heterocycles. The topological polar surface area (TPSA) is 67.7 Å². The highest BCUT2D eigenvalue weighted by Crippen LogP contribution is 2.15. The van der Waals surface area contributed by atoms with Gasteiger partial charge in [0.15, 0.2) is 5.82 Å². The molecule has 1 fully saturated rings. The van der Waals surface area contributed by atoms with Crippen LogP contribution in [0.3, 0.4) is 0 Å². The van der Waals surface area contributed by atoms with Crippen molar-refractivity contribution >= 4 is 5.82 Å². The first-order valence-corrected chi connectivity index (χ1v) is 6.65. The molecular weight excluding hydrogens is 259 g/mol. The molecule has 0 aliphatic carbocycles. The Kier molecular flexibility index (Phi) is 3.60. The molecule has 0 saturated carbocycles. The molecule has 2 atom stereocenters. The Morgan fingerprint density at radius 3 is 2.95 bits per heavy atom. The predicted molar refractivity (Wildman–Crippen MR) is 74.0 cm³/mol. The first-order valence-electron chi connectivity index (χ1n) is 6.65. The van der Waals surface area contributed by atoms with Crippen molar-refractivity contribution in [3.05, 3.63) is 24.5 Å². The molecule has 106 valence electrons. The van der Waals surface area contributed by atoms with Gasteiger partial charge in [0.2, 0.25) is 0 Å². The van der Waals surface area contributed by atoms with Gasteiger partial charge < -0.3 is 15.2 Å². The number of rotatable bonds is 4. The van der Waals surface area contributed by atoms with Crippen molar-refractivity contribution in [1.82, 2.24) is 25.1 Å². The molecule has 0 bridgehead atoms. The molecule has 2 N–H and O–H groups in total. The highest BCUT2D eigenvalue weighted by atomic mass is 19.1. The van der Waals surface area contributed by atoms with Crippen molar-refractivity contribution in [3.8, 4) is 11.5 Å². The molecule has 20 heavy (non-hydrogen) atoms. The van der Waals surface area contributed by atoms with Crippen molar-refractivity contribution in [2.45, 2.75) is 18.6 Å². The highest BCUT2D eigenvalue weighted by molar-refractivity contribution is 5.51. The highest BCUT2D eigenvalue weighted by Gasteiger charge is 2.23. The molecule has 0 aromatic carbocycles. The van der Waals surface area contributed by atoms with Crippen molar-refractivity contribution in [2.24, 2.45) is 7.05 Å². The molecule has 2 aromatic rings. The van der Waals surface area contributed by atoms with E-state index >= 15 is 0 Å². The molecule has 6 nitrogen and oxygen atoms in total. The van der Waals surface area contributed by atoms with E-state index in [1.54, 1.807) is 6.20 Å². The molecule has 0 unspecified atom stereocenters. The summed E-state index contributed by atoms with van der Waals surface area (Å²) in [4.78, 5) is 4.22. The molecule has 1 saturated heterocycles. The van der Waals surface area contributed by atoms with Crippen molar-refractivity contribution in [2.75, 3.05) is 18.4 Å². The predicted octanol–water partition coefficient (Wildman–Crippen LogP) is 0.989. The number of halogens is 1. The first kappa shape index (κ1) is 13.0. The van der Waals surface area contributed by atoms with Crippen LogP contribution in [0.25, 0.3) is 11.5 Å². The van der Waals surface area contributed by atoms with Crippen LogP contribution in [-0.4, -0.2) is 45.1 Å². The Morgan fingerprint density at radius 2 is 2.35 bits per heavy atom. The first-order chi connectivity index (χ1) is 9.72. The number of imidazole rings is 1. The zero-order valence-electron chi connectivity index (χ0n) is 11.3. The lowest BCUT2D eigenvalue weighted by atomic mass is 10.2. The Bertz CT molecular complexity index is 566. The number of alkyl halides is 1. The minimum atomic E-state index is -0.737. The minimum absolute atomic E-state index is 0.154. The standard InChI is InChI=1S/C13H17FN6/c1-20-5-4-15-13(20)11-2-3-12(19-18-11)17-8-10-6-9(14)7-16-10/h2-5,9-10,16H,6-8H2,1H3,(H,17,19)/t9-,10-/m0/s1. The summed E-state index contributed by atoms with van der Waals surface area (Å²) >= 11 is 0. The third-order valence-electron chi connectivity index (χ3n) is 3.41. The fraction of sp³-hybridized carbons (Fsp3) is 0.462. The summed E-state index contributed by atoms with van der Waals surface area (Å²) in [6.45, 7) is 1.09. The van der Waals surface area contributed by atoms with Gasteiger partial charge >= 0.3 is 0 Å². The third-order valence-corrected chi connectivity index (χ3v) is 3.41. The second kappa shape index (κ2) is 5.54. The van der Waals surface area contributed by atoms with Crippen LogP contribution in [0.4, 0.5) is 10.2 Å². The molecule has 0 radical (unpaired) electrons. The molecular formula is C13H17FN6. The molecule has 0 spiro atoms. The van der Waals surface area contributed by atoms with Gasteiger partial charge in [-0.3, -0.25) is 0 Å². The summed E-state index contributed by atoms with van der Waals surface area (Å²) in [7, 11) is 1.91. The molecule has 0 amide bonds. The maximum Gasteiger partial charge on any atom is 0.160 e.